The molecule has 0 unspecified atom stereocenters. The van der Waals surface area contributed by atoms with Crippen LogP contribution in [0, 0.1) is 0 Å². The number of rotatable bonds is 6. The molecule has 0 spiro atoms. The molecule has 35 heavy (non-hydrogen) atoms. The van der Waals surface area contributed by atoms with Crippen molar-refractivity contribution in [2.24, 2.45) is 0 Å². The van der Waals surface area contributed by atoms with Gasteiger partial charge in [-0.3, -0.25) is 9.78 Å². The average molecular weight is 486 g/mol. The maximum Gasteiger partial charge on any atom is 0.253 e. The first-order valence-corrected chi connectivity index (χ1v) is 12.5. The summed E-state index contributed by atoms with van der Waals surface area (Å²) in [6, 6.07) is 15.4. The topological polar surface area (TPSA) is 103 Å². The largest absolute Gasteiger partial charge is 0.489 e. The molecule has 0 aliphatic heterocycles. The SMILES string of the molecule is CC(C)Oc1ccc(-c2nnc(-c3cccc4c3CCC[C@@H]4NC(=O)c3cccnc3)s2)cc1N. The molecule has 3 N–H and O–H groups in total. The molecule has 8 heteroatoms. The van der Waals surface area contributed by atoms with Gasteiger partial charge < -0.3 is 15.8 Å². The third-order valence-corrected chi connectivity index (χ3v) is 7.02. The third kappa shape index (κ3) is 4.88. The minimum absolute atomic E-state index is 0.0490. The van der Waals surface area contributed by atoms with Gasteiger partial charge in [0.25, 0.3) is 5.91 Å². The Bertz CT molecular complexity index is 1350. The van der Waals surface area contributed by atoms with Gasteiger partial charge in [0.2, 0.25) is 0 Å². The number of carbonyl (C=O) groups excluding carboxylic acids is 1. The van der Waals surface area contributed by atoms with E-state index in [9.17, 15) is 4.79 Å². The molecule has 2 aromatic carbocycles. The fraction of sp³-hybridized carbons (Fsp3) is 0.259. The van der Waals surface area contributed by atoms with Crippen LogP contribution in [0.1, 0.15) is 54.2 Å². The molecule has 178 valence electrons. The van der Waals surface area contributed by atoms with Crippen molar-refractivity contribution in [2.45, 2.75) is 45.3 Å². The highest BCUT2D eigenvalue weighted by atomic mass is 32.1. The number of ether oxygens (including phenoxy) is 1. The van der Waals surface area contributed by atoms with Gasteiger partial charge in [0.15, 0.2) is 0 Å². The Morgan fingerprint density at radius 2 is 2.00 bits per heavy atom. The number of hydrogen-bond donors (Lipinski definition) is 2. The highest BCUT2D eigenvalue weighted by Gasteiger charge is 2.25. The number of pyridine rings is 1. The summed E-state index contributed by atoms with van der Waals surface area (Å²) >= 11 is 1.54. The van der Waals surface area contributed by atoms with Gasteiger partial charge >= 0.3 is 0 Å². The summed E-state index contributed by atoms with van der Waals surface area (Å²) in [6.07, 6.45) is 6.13. The molecule has 0 saturated heterocycles. The summed E-state index contributed by atoms with van der Waals surface area (Å²) in [6.45, 7) is 3.94. The van der Waals surface area contributed by atoms with E-state index in [1.807, 2.05) is 38.1 Å². The van der Waals surface area contributed by atoms with E-state index in [1.54, 1.807) is 24.5 Å². The lowest BCUT2D eigenvalue weighted by molar-refractivity contribution is 0.0932. The van der Waals surface area contributed by atoms with Crippen molar-refractivity contribution >= 4 is 22.9 Å². The van der Waals surface area contributed by atoms with Crippen LogP contribution in [0.3, 0.4) is 0 Å². The van der Waals surface area contributed by atoms with Crippen molar-refractivity contribution in [3.63, 3.8) is 0 Å². The fourth-order valence-electron chi connectivity index (χ4n) is 4.43. The van der Waals surface area contributed by atoms with Gasteiger partial charge in [-0.25, -0.2) is 0 Å². The van der Waals surface area contributed by atoms with Crippen LogP contribution in [-0.4, -0.2) is 27.2 Å². The number of nitrogens with two attached hydrogens (primary N) is 1. The Balaban J connectivity index is 1.41. The van der Waals surface area contributed by atoms with Crippen molar-refractivity contribution in [1.82, 2.24) is 20.5 Å². The van der Waals surface area contributed by atoms with E-state index in [1.165, 1.54) is 16.9 Å². The van der Waals surface area contributed by atoms with Crippen LogP contribution in [0.2, 0.25) is 0 Å². The van der Waals surface area contributed by atoms with Gasteiger partial charge in [0.1, 0.15) is 15.8 Å². The van der Waals surface area contributed by atoms with Crippen molar-refractivity contribution in [2.75, 3.05) is 5.73 Å². The van der Waals surface area contributed by atoms with E-state index in [2.05, 4.69) is 32.6 Å². The van der Waals surface area contributed by atoms with Crippen LogP contribution in [0.25, 0.3) is 21.1 Å². The van der Waals surface area contributed by atoms with Crippen molar-refractivity contribution in [3.8, 4) is 26.9 Å². The fourth-order valence-corrected chi connectivity index (χ4v) is 5.32. The Kier molecular flexibility index (Phi) is 6.46. The van der Waals surface area contributed by atoms with Gasteiger partial charge in [-0.15, -0.1) is 10.2 Å². The van der Waals surface area contributed by atoms with E-state index in [4.69, 9.17) is 10.5 Å². The number of aromatic nitrogens is 3. The molecule has 2 aromatic heterocycles. The van der Waals surface area contributed by atoms with Crippen molar-refractivity contribution < 1.29 is 9.53 Å². The maximum atomic E-state index is 12.8. The Hall–Kier alpha value is -3.78. The number of amides is 1. The molecule has 1 aliphatic carbocycles. The summed E-state index contributed by atoms with van der Waals surface area (Å²) < 4.78 is 5.75. The number of carbonyl (C=O) groups is 1. The second-order valence-electron chi connectivity index (χ2n) is 8.86. The smallest absolute Gasteiger partial charge is 0.253 e. The van der Waals surface area contributed by atoms with Crippen LogP contribution >= 0.6 is 11.3 Å². The van der Waals surface area contributed by atoms with Crippen molar-refractivity contribution in [1.29, 1.82) is 0 Å². The number of benzene rings is 2. The predicted octanol–water partition coefficient (Wildman–Crippen LogP) is 5.44. The number of nitrogens with one attached hydrogen (secondary N) is 1. The maximum absolute atomic E-state index is 12.8. The third-order valence-electron chi connectivity index (χ3n) is 6.01. The first-order chi connectivity index (χ1) is 17.0. The molecule has 1 amide bonds. The molecular weight excluding hydrogens is 458 g/mol. The average Bonchev–Trinajstić information content (AvgIpc) is 3.35. The standard InChI is InChI=1S/C27H27N5O2S/c1-16(2)34-24-12-11-17(14-22(24)28)26-31-32-27(35-26)21-9-3-8-20-19(21)7-4-10-23(20)30-25(33)18-6-5-13-29-15-18/h3,5-6,8-9,11-16,23H,4,7,10,28H2,1-2H3,(H,30,33)/t23-/m0/s1. The molecule has 0 bridgehead atoms. The van der Waals surface area contributed by atoms with Gasteiger partial charge in [0.05, 0.1) is 23.4 Å². The molecule has 0 radical (unpaired) electrons. The van der Waals surface area contributed by atoms with E-state index >= 15 is 0 Å². The number of nitrogen functional groups attached to an aromatic ring is 1. The lowest BCUT2D eigenvalue weighted by Gasteiger charge is -2.27. The minimum Gasteiger partial charge on any atom is -0.489 e. The minimum atomic E-state index is -0.109. The van der Waals surface area contributed by atoms with Crippen LogP contribution in [-0.2, 0) is 6.42 Å². The van der Waals surface area contributed by atoms with E-state index in [-0.39, 0.29) is 18.1 Å². The first-order valence-electron chi connectivity index (χ1n) is 11.7. The second-order valence-corrected chi connectivity index (χ2v) is 9.84. The number of fused-ring (bicyclic) bond motifs is 1. The highest BCUT2D eigenvalue weighted by Crippen LogP contribution is 2.39. The van der Waals surface area contributed by atoms with Crippen molar-refractivity contribution in [3.05, 3.63) is 77.6 Å². The molecular formula is C27H27N5O2S. The lowest BCUT2D eigenvalue weighted by atomic mass is 9.85. The molecule has 7 nitrogen and oxygen atoms in total. The molecule has 5 rings (SSSR count). The van der Waals surface area contributed by atoms with Crippen LogP contribution in [0.15, 0.2) is 60.9 Å². The van der Waals surface area contributed by atoms with Gasteiger partial charge in [-0.2, -0.15) is 0 Å². The summed E-state index contributed by atoms with van der Waals surface area (Å²) in [5.74, 6) is 0.562. The molecule has 2 heterocycles. The number of anilines is 1. The Morgan fingerprint density at radius 3 is 2.77 bits per heavy atom. The first kappa shape index (κ1) is 23.0. The molecule has 0 saturated carbocycles. The summed E-state index contributed by atoms with van der Waals surface area (Å²) in [4.78, 5) is 16.8. The quantitative estimate of drug-likeness (QED) is 0.352. The zero-order valence-electron chi connectivity index (χ0n) is 19.7. The van der Waals surface area contributed by atoms with Gasteiger partial charge in [0, 0.05) is 23.5 Å². The molecule has 4 aromatic rings. The van der Waals surface area contributed by atoms with E-state index in [0.29, 0.717) is 17.0 Å². The van der Waals surface area contributed by atoms with Crippen LogP contribution in [0.5, 0.6) is 5.75 Å². The normalized spacial score (nSPS) is 15.0. The summed E-state index contributed by atoms with van der Waals surface area (Å²) in [5.41, 5.74) is 11.7. The van der Waals surface area contributed by atoms with E-state index < -0.39 is 0 Å². The number of hydrogen-bond acceptors (Lipinski definition) is 7. The number of nitrogens with zero attached hydrogens (tertiary/aromatic N) is 3. The second kappa shape index (κ2) is 9.84. The van der Waals surface area contributed by atoms with Gasteiger partial charge in [-0.05, 0) is 74.6 Å². The zero-order chi connectivity index (χ0) is 24.4. The Labute approximate surface area is 208 Å². The monoisotopic (exact) mass is 485 g/mol. The van der Waals surface area contributed by atoms with E-state index in [0.717, 1.165) is 46.0 Å². The zero-order valence-corrected chi connectivity index (χ0v) is 20.5. The predicted molar refractivity (Wildman–Crippen MR) is 138 cm³/mol. The summed E-state index contributed by atoms with van der Waals surface area (Å²) in [5, 5.41) is 13.8. The Morgan fingerprint density at radius 1 is 1.14 bits per heavy atom. The van der Waals surface area contributed by atoms with Crippen LogP contribution in [0.4, 0.5) is 5.69 Å². The molecule has 0 fully saturated rings. The van der Waals surface area contributed by atoms with Gasteiger partial charge in [-0.1, -0.05) is 29.5 Å². The molecule has 1 aliphatic rings. The summed E-state index contributed by atoms with van der Waals surface area (Å²) in [7, 11) is 0. The highest BCUT2D eigenvalue weighted by molar-refractivity contribution is 7.17. The molecule has 1 atom stereocenters. The lowest BCUT2D eigenvalue weighted by Crippen LogP contribution is -2.31. The van der Waals surface area contributed by atoms with Crippen LogP contribution < -0.4 is 15.8 Å².